The van der Waals surface area contributed by atoms with E-state index in [2.05, 4.69) is 10.5 Å². The summed E-state index contributed by atoms with van der Waals surface area (Å²) in [6, 6.07) is 22.2. The first-order valence-electron chi connectivity index (χ1n) is 11.7. The lowest BCUT2D eigenvalue weighted by Gasteiger charge is -2.25. The maximum atomic E-state index is 13.5. The normalized spacial score (nSPS) is 11.6. The standard InChI is InChI=1S/C28H26Cl2N4O3S/c1-19-14-24(30)12-13-27(19)33(38(36,37)26-10-5-4-6-11-26)18-28(35)32-31-17-22-15-20(2)34(21(22)3)25-9-7-8-23(29)16-25/h4-17H,18H2,1-3H3,(H,32,35)/b31-17-. The predicted octanol–water partition coefficient (Wildman–Crippen LogP) is 6.05. The largest absolute Gasteiger partial charge is 0.318 e. The van der Waals surface area contributed by atoms with Gasteiger partial charge in [0.05, 0.1) is 16.8 Å². The number of nitrogens with one attached hydrogen (secondary N) is 1. The quantitative estimate of drug-likeness (QED) is 0.207. The third-order valence-corrected chi connectivity index (χ3v) is 8.22. The Balaban J connectivity index is 1.57. The molecule has 1 aromatic heterocycles. The van der Waals surface area contributed by atoms with Crippen molar-refractivity contribution in [3.8, 4) is 5.69 Å². The van der Waals surface area contributed by atoms with Crippen molar-refractivity contribution in [3.05, 3.63) is 111 Å². The molecule has 4 aromatic rings. The van der Waals surface area contributed by atoms with Crippen molar-refractivity contribution >= 4 is 51.0 Å². The van der Waals surface area contributed by atoms with E-state index in [0.29, 0.717) is 21.3 Å². The Bertz CT molecular complexity index is 1620. The summed E-state index contributed by atoms with van der Waals surface area (Å²) in [6.45, 7) is 5.16. The van der Waals surface area contributed by atoms with E-state index in [4.69, 9.17) is 23.2 Å². The third-order valence-electron chi connectivity index (χ3n) is 5.98. The number of rotatable bonds is 8. The molecular weight excluding hydrogens is 543 g/mol. The SMILES string of the molecule is Cc1cc(Cl)ccc1N(CC(=O)N/N=C\c1cc(C)n(-c2cccc(Cl)c2)c1C)S(=O)(=O)c1ccccc1. The van der Waals surface area contributed by atoms with E-state index in [0.717, 1.165) is 26.9 Å². The van der Waals surface area contributed by atoms with Crippen molar-refractivity contribution in [2.24, 2.45) is 5.10 Å². The number of hydrazone groups is 1. The van der Waals surface area contributed by atoms with Crippen LogP contribution in [0.3, 0.4) is 0 Å². The number of halogens is 2. The number of aryl methyl sites for hydroxylation is 2. The van der Waals surface area contributed by atoms with Crippen molar-refractivity contribution < 1.29 is 13.2 Å². The topological polar surface area (TPSA) is 83.8 Å². The number of hydrogen-bond acceptors (Lipinski definition) is 4. The summed E-state index contributed by atoms with van der Waals surface area (Å²) < 4.78 is 30.1. The molecule has 196 valence electrons. The Morgan fingerprint density at radius 2 is 1.66 bits per heavy atom. The molecule has 1 N–H and O–H groups in total. The highest BCUT2D eigenvalue weighted by molar-refractivity contribution is 7.92. The van der Waals surface area contributed by atoms with Gasteiger partial charge in [0, 0.05) is 32.7 Å². The van der Waals surface area contributed by atoms with Gasteiger partial charge >= 0.3 is 0 Å². The molecule has 0 unspecified atom stereocenters. The van der Waals surface area contributed by atoms with E-state index in [-0.39, 0.29) is 4.90 Å². The van der Waals surface area contributed by atoms with Gasteiger partial charge in [0.25, 0.3) is 15.9 Å². The van der Waals surface area contributed by atoms with Crippen LogP contribution in [0.5, 0.6) is 0 Å². The van der Waals surface area contributed by atoms with Crippen LogP contribution in [0.15, 0.2) is 88.9 Å². The van der Waals surface area contributed by atoms with Gasteiger partial charge in [-0.1, -0.05) is 47.5 Å². The monoisotopic (exact) mass is 568 g/mol. The van der Waals surface area contributed by atoms with Crippen LogP contribution in [0, 0.1) is 20.8 Å². The molecule has 0 fully saturated rings. The van der Waals surface area contributed by atoms with Gasteiger partial charge in [-0.15, -0.1) is 0 Å². The molecule has 0 radical (unpaired) electrons. The van der Waals surface area contributed by atoms with Crippen LogP contribution >= 0.6 is 23.2 Å². The summed E-state index contributed by atoms with van der Waals surface area (Å²) >= 11 is 12.2. The molecule has 7 nitrogen and oxygen atoms in total. The first-order chi connectivity index (χ1) is 18.1. The second-order valence-corrected chi connectivity index (χ2v) is 11.4. The Morgan fingerprint density at radius 1 is 0.947 bits per heavy atom. The highest BCUT2D eigenvalue weighted by Crippen LogP contribution is 2.29. The average Bonchev–Trinajstić information content (AvgIpc) is 3.16. The van der Waals surface area contributed by atoms with Crippen LogP contribution < -0.4 is 9.73 Å². The van der Waals surface area contributed by atoms with Crippen LogP contribution in [-0.4, -0.2) is 31.7 Å². The fourth-order valence-electron chi connectivity index (χ4n) is 4.19. The summed E-state index contributed by atoms with van der Waals surface area (Å²) in [5, 5.41) is 5.19. The van der Waals surface area contributed by atoms with E-state index < -0.39 is 22.5 Å². The van der Waals surface area contributed by atoms with Gasteiger partial charge < -0.3 is 4.57 Å². The van der Waals surface area contributed by atoms with E-state index in [1.807, 2.05) is 48.7 Å². The number of benzene rings is 3. The molecule has 1 heterocycles. The molecule has 0 saturated heterocycles. The molecular formula is C28H26Cl2N4O3S. The highest BCUT2D eigenvalue weighted by Gasteiger charge is 2.28. The van der Waals surface area contributed by atoms with Crippen molar-refractivity contribution in [3.63, 3.8) is 0 Å². The fourth-order valence-corrected chi connectivity index (χ4v) is 6.11. The highest BCUT2D eigenvalue weighted by atomic mass is 35.5. The van der Waals surface area contributed by atoms with E-state index in [1.165, 1.54) is 18.3 Å². The summed E-state index contributed by atoms with van der Waals surface area (Å²) in [4.78, 5) is 13.0. The van der Waals surface area contributed by atoms with Crippen molar-refractivity contribution in [1.82, 2.24) is 9.99 Å². The van der Waals surface area contributed by atoms with Gasteiger partial charge in [-0.3, -0.25) is 9.10 Å². The molecule has 38 heavy (non-hydrogen) atoms. The number of sulfonamides is 1. The smallest absolute Gasteiger partial charge is 0.264 e. The second kappa shape index (κ2) is 11.4. The molecule has 0 aliphatic carbocycles. The lowest BCUT2D eigenvalue weighted by atomic mass is 10.2. The first-order valence-corrected chi connectivity index (χ1v) is 13.9. The van der Waals surface area contributed by atoms with Crippen molar-refractivity contribution in [2.45, 2.75) is 25.7 Å². The first kappa shape index (κ1) is 27.4. The number of nitrogens with zero attached hydrogens (tertiary/aromatic N) is 3. The fraction of sp³-hybridized carbons (Fsp3) is 0.143. The minimum absolute atomic E-state index is 0.0686. The van der Waals surface area contributed by atoms with Crippen molar-refractivity contribution in [2.75, 3.05) is 10.8 Å². The third kappa shape index (κ3) is 5.93. The molecule has 0 spiro atoms. The van der Waals surface area contributed by atoms with Crippen LogP contribution in [0.2, 0.25) is 10.0 Å². The second-order valence-electron chi connectivity index (χ2n) is 8.69. The van der Waals surface area contributed by atoms with Gasteiger partial charge in [0.2, 0.25) is 0 Å². The van der Waals surface area contributed by atoms with E-state index in [1.54, 1.807) is 43.3 Å². The van der Waals surface area contributed by atoms with Crippen molar-refractivity contribution in [1.29, 1.82) is 0 Å². The van der Waals surface area contributed by atoms with Crippen LogP contribution in [0.1, 0.15) is 22.5 Å². The van der Waals surface area contributed by atoms with Gasteiger partial charge in [-0.05, 0) is 80.9 Å². The summed E-state index contributed by atoms with van der Waals surface area (Å²) in [6.07, 6.45) is 1.53. The Hall–Kier alpha value is -3.59. The maximum absolute atomic E-state index is 13.5. The number of anilines is 1. The van der Waals surface area contributed by atoms with Crippen LogP contribution in [0.25, 0.3) is 5.69 Å². The number of carbonyl (C=O) groups is 1. The molecule has 3 aromatic carbocycles. The zero-order valence-electron chi connectivity index (χ0n) is 21.0. The predicted molar refractivity (Wildman–Crippen MR) is 153 cm³/mol. The Morgan fingerprint density at radius 3 is 2.34 bits per heavy atom. The van der Waals surface area contributed by atoms with E-state index >= 15 is 0 Å². The summed E-state index contributed by atoms with van der Waals surface area (Å²) in [5.74, 6) is -0.598. The Kier molecular flexibility index (Phi) is 8.26. The minimum Gasteiger partial charge on any atom is -0.318 e. The number of amides is 1. The molecule has 1 amide bonds. The van der Waals surface area contributed by atoms with Gasteiger partial charge in [-0.2, -0.15) is 5.10 Å². The van der Waals surface area contributed by atoms with E-state index in [9.17, 15) is 13.2 Å². The zero-order valence-corrected chi connectivity index (χ0v) is 23.3. The molecule has 0 aliphatic rings. The average molecular weight is 570 g/mol. The van der Waals surface area contributed by atoms with Gasteiger partial charge in [-0.25, -0.2) is 13.8 Å². The van der Waals surface area contributed by atoms with Crippen LogP contribution in [-0.2, 0) is 14.8 Å². The number of hydrogen-bond donors (Lipinski definition) is 1. The lowest BCUT2D eigenvalue weighted by Crippen LogP contribution is -2.40. The molecule has 0 bridgehead atoms. The molecule has 0 aliphatic heterocycles. The number of aromatic nitrogens is 1. The lowest BCUT2D eigenvalue weighted by molar-refractivity contribution is -0.119. The molecule has 10 heteroatoms. The Labute approximate surface area is 232 Å². The van der Waals surface area contributed by atoms with Crippen LogP contribution in [0.4, 0.5) is 5.69 Å². The minimum atomic E-state index is -4.04. The summed E-state index contributed by atoms with van der Waals surface area (Å²) in [5.41, 5.74) is 7.01. The molecule has 0 atom stereocenters. The number of carbonyl (C=O) groups excluding carboxylic acids is 1. The summed E-state index contributed by atoms with van der Waals surface area (Å²) in [7, 11) is -4.04. The molecule has 0 saturated carbocycles. The van der Waals surface area contributed by atoms with Gasteiger partial charge in [0.15, 0.2) is 0 Å². The van der Waals surface area contributed by atoms with Gasteiger partial charge in [0.1, 0.15) is 6.54 Å². The zero-order chi connectivity index (χ0) is 27.4. The molecule has 4 rings (SSSR count). The maximum Gasteiger partial charge on any atom is 0.264 e.